The highest BCUT2D eigenvalue weighted by atomic mass is 35.5. The number of nitrogens with two attached hydrogens (primary N) is 1. The van der Waals surface area contributed by atoms with Crippen LogP contribution in [-0.2, 0) is 0 Å². The van der Waals surface area contributed by atoms with Crippen LogP contribution in [0.25, 0.3) is 0 Å². The van der Waals surface area contributed by atoms with Gasteiger partial charge in [-0.15, -0.1) is 12.4 Å². The monoisotopic (exact) mass is 205 g/mol. The lowest BCUT2D eigenvalue weighted by atomic mass is 10.1. The van der Waals surface area contributed by atoms with E-state index in [9.17, 15) is 9.50 Å². The topological polar surface area (TPSA) is 46.2 Å². The summed E-state index contributed by atoms with van der Waals surface area (Å²) in [6, 6.07) is 4.30. The number of alkyl halides is 1. The molecule has 0 saturated carbocycles. The highest BCUT2D eigenvalue weighted by Gasteiger charge is 2.09. The third-order valence-corrected chi connectivity index (χ3v) is 1.75. The lowest BCUT2D eigenvalue weighted by Crippen LogP contribution is -2.12. The molecule has 0 aromatic heterocycles. The SMILES string of the molecule is Cc1ccc([C@@H](N)CF)c(O)c1.Cl. The summed E-state index contributed by atoms with van der Waals surface area (Å²) in [5, 5.41) is 9.35. The molecule has 0 radical (unpaired) electrons. The zero-order chi connectivity index (χ0) is 9.14. The fraction of sp³-hybridized carbons (Fsp3) is 0.333. The Balaban J connectivity index is 0.00000144. The van der Waals surface area contributed by atoms with E-state index in [0.717, 1.165) is 5.56 Å². The van der Waals surface area contributed by atoms with E-state index in [2.05, 4.69) is 0 Å². The Bertz CT molecular complexity index is 280. The Kier molecular flexibility index (Phi) is 4.73. The first-order valence-corrected chi connectivity index (χ1v) is 3.76. The van der Waals surface area contributed by atoms with Crippen molar-refractivity contribution >= 4 is 12.4 Å². The van der Waals surface area contributed by atoms with Crippen LogP contribution in [0.4, 0.5) is 4.39 Å². The Labute approximate surface area is 83.0 Å². The number of benzene rings is 1. The van der Waals surface area contributed by atoms with Crippen LogP contribution in [0.3, 0.4) is 0 Å². The summed E-state index contributed by atoms with van der Waals surface area (Å²) < 4.78 is 12.1. The molecular weight excluding hydrogens is 193 g/mol. The van der Waals surface area contributed by atoms with Gasteiger partial charge in [0, 0.05) is 5.56 Å². The number of phenols is 1. The van der Waals surface area contributed by atoms with Crippen molar-refractivity contribution in [1.82, 2.24) is 0 Å². The van der Waals surface area contributed by atoms with Crippen LogP contribution in [-0.4, -0.2) is 11.8 Å². The van der Waals surface area contributed by atoms with Crippen molar-refractivity contribution in [2.45, 2.75) is 13.0 Å². The zero-order valence-electron chi connectivity index (χ0n) is 7.33. The van der Waals surface area contributed by atoms with E-state index in [1.54, 1.807) is 18.2 Å². The van der Waals surface area contributed by atoms with Gasteiger partial charge in [0.25, 0.3) is 0 Å². The maximum Gasteiger partial charge on any atom is 0.120 e. The van der Waals surface area contributed by atoms with E-state index in [1.807, 2.05) is 6.92 Å². The molecule has 2 nitrogen and oxygen atoms in total. The second-order valence-corrected chi connectivity index (χ2v) is 2.82. The fourth-order valence-electron chi connectivity index (χ4n) is 1.05. The van der Waals surface area contributed by atoms with Crippen LogP contribution < -0.4 is 5.73 Å². The zero-order valence-corrected chi connectivity index (χ0v) is 8.14. The molecule has 74 valence electrons. The molecule has 1 aromatic rings. The van der Waals surface area contributed by atoms with Gasteiger partial charge in [-0.25, -0.2) is 4.39 Å². The molecule has 0 spiro atoms. The predicted molar refractivity (Wildman–Crippen MR) is 53.0 cm³/mol. The first-order chi connectivity index (χ1) is 5.65. The molecule has 0 saturated heterocycles. The quantitative estimate of drug-likeness (QED) is 0.777. The number of rotatable bonds is 2. The van der Waals surface area contributed by atoms with Gasteiger partial charge in [0.1, 0.15) is 12.4 Å². The third-order valence-electron chi connectivity index (χ3n) is 1.75. The summed E-state index contributed by atoms with van der Waals surface area (Å²) in [6.07, 6.45) is 0. The van der Waals surface area contributed by atoms with Crippen LogP contribution in [0.15, 0.2) is 18.2 Å². The highest BCUT2D eigenvalue weighted by Crippen LogP contribution is 2.23. The van der Waals surface area contributed by atoms with Crippen molar-refractivity contribution in [3.8, 4) is 5.75 Å². The van der Waals surface area contributed by atoms with E-state index in [4.69, 9.17) is 5.73 Å². The maximum absolute atomic E-state index is 12.1. The Hall–Kier alpha value is -0.800. The third kappa shape index (κ3) is 2.86. The average molecular weight is 206 g/mol. The van der Waals surface area contributed by atoms with Gasteiger partial charge >= 0.3 is 0 Å². The van der Waals surface area contributed by atoms with Crippen molar-refractivity contribution in [1.29, 1.82) is 0 Å². The van der Waals surface area contributed by atoms with E-state index >= 15 is 0 Å². The highest BCUT2D eigenvalue weighted by molar-refractivity contribution is 5.85. The van der Waals surface area contributed by atoms with Gasteiger partial charge in [-0.1, -0.05) is 12.1 Å². The van der Waals surface area contributed by atoms with Crippen molar-refractivity contribution in [3.05, 3.63) is 29.3 Å². The summed E-state index contributed by atoms with van der Waals surface area (Å²) in [5.74, 6) is 0.0696. The standard InChI is InChI=1S/C9H12FNO.ClH/c1-6-2-3-7(8(11)5-10)9(12)4-6;/h2-4,8,12H,5,11H2,1H3;1H/t8-;/m0./s1. The van der Waals surface area contributed by atoms with Crippen LogP contribution in [0.2, 0.25) is 0 Å². The van der Waals surface area contributed by atoms with E-state index in [-0.39, 0.29) is 18.2 Å². The van der Waals surface area contributed by atoms with Gasteiger partial charge in [0.15, 0.2) is 0 Å². The van der Waals surface area contributed by atoms with Crippen molar-refractivity contribution in [2.75, 3.05) is 6.67 Å². The van der Waals surface area contributed by atoms with Crippen LogP contribution >= 0.6 is 12.4 Å². The summed E-state index contributed by atoms with van der Waals surface area (Å²) >= 11 is 0. The number of hydrogen-bond donors (Lipinski definition) is 2. The molecule has 13 heavy (non-hydrogen) atoms. The van der Waals surface area contributed by atoms with Gasteiger partial charge in [-0.3, -0.25) is 0 Å². The number of aryl methyl sites for hydroxylation is 1. The number of hydrogen-bond acceptors (Lipinski definition) is 2. The molecule has 0 bridgehead atoms. The summed E-state index contributed by atoms with van der Waals surface area (Å²) in [6.45, 7) is 1.20. The second kappa shape index (κ2) is 5.04. The van der Waals surface area contributed by atoms with Crippen molar-refractivity contribution in [3.63, 3.8) is 0 Å². The first kappa shape index (κ1) is 12.2. The predicted octanol–water partition coefficient (Wildman–Crippen LogP) is 2.09. The largest absolute Gasteiger partial charge is 0.508 e. The van der Waals surface area contributed by atoms with Crippen LogP contribution in [0, 0.1) is 6.92 Å². The van der Waals surface area contributed by atoms with Gasteiger partial charge in [-0.05, 0) is 18.6 Å². The smallest absolute Gasteiger partial charge is 0.120 e. The molecule has 0 unspecified atom stereocenters. The molecule has 0 aliphatic rings. The average Bonchev–Trinajstić information content (AvgIpc) is 2.03. The molecule has 1 rings (SSSR count). The van der Waals surface area contributed by atoms with Crippen molar-refractivity contribution in [2.24, 2.45) is 5.73 Å². The van der Waals surface area contributed by atoms with E-state index in [1.165, 1.54) is 0 Å². The van der Waals surface area contributed by atoms with Crippen molar-refractivity contribution < 1.29 is 9.50 Å². The minimum atomic E-state index is -0.717. The number of halogens is 2. The summed E-state index contributed by atoms with van der Waals surface area (Å²) in [7, 11) is 0. The molecule has 1 aromatic carbocycles. The van der Waals surface area contributed by atoms with E-state index < -0.39 is 12.7 Å². The summed E-state index contributed by atoms with van der Waals surface area (Å²) in [5.41, 5.74) is 6.80. The molecule has 0 amide bonds. The minimum absolute atomic E-state index is 0. The lowest BCUT2D eigenvalue weighted by Gasteiger charge is -2.09. The molecule has 4 heteroatoms. The molecule has 0 aliphatic carbocycles. The van der Waals surface area contributed by atoms with Gasteiger partial charge in [0.2, 0.25) is 0 Å². The Morgan fingerprint density at radius 2 is 2.15 bits per heavy atom. The van der Waals surface area contributed by atoms with Gasteiger partial charge in [-0.2, -0.15) is 0 Å². The van der Waals surface area contributed by atoms with Crippen LogP contribution in [0.5, 0.6) is 5.75 Å². The minimum Gasteiger partial charge on any atom is -0.508 e. The van der Waals surface area contributed by atoms with Crippen LogP contribution in [0.1, 0.15) is 17.2 Å². The molecule has 0 heterocycles. The molecular formula is C9H13ClFNO. The van der Waals surface area contributed by atoms with Gasteiger partial charge in [0.05, 0.1) is 6.04 Å². The fourth-order valence-corrected chi connectivity index (χ4v) is 1.05. The molecule has 1 atom stereocenters. The van der Waals surface area contributed by atoms with Gasteiger partial charge < -0.3 is 10.8 Å². The van der Waals surface area contributed by atoms with E-state index in [0.29, 0.717) is 5.56 Å². The normalized spacial score (nSPS) is 11.9. The molecule has 0 fully saturated rings. The maximum atomic E-state index is 12.1. The number of phenolic OH excluding ortho intramolecular Hbond substituents is 1. The Morgan fingerprint density at radius 3 is 2.62 bits per heavy atom. The molecule has 0 aliphatic heterocycles. The number of aromatic hydroxyl groups is 1. The first-order valence-electron chi connectivity index (χ1n) is 3.76. The lowest BCUT2D eigenvalue weighted by molar-refractivity contribution is 0.414. The second-order valence-electron chi connectivity index (χ2n) is 2.82. The summed E-state index contributed by atoms with van der Waals surface area (Å²) in [4.78, 5) is 0. The Morgan fingerprint density at radius 1 is 1.54 bits per heavy atom. The molecule has 3 N–H and O–H groups in total.